The maximum Gasteiger partial charge on any atom is 0.0249 e. The summed E-state index contributed by atoms with van der Waals surface area (Å²) in [5, 5.41) is 0. The highest BCUT2D eigenvalue weighted by molar-refractivity contribution is 4.86. The second-order valence-electron chi connectivity index (χ2n) is 5.18. The van der Waals surface area contributed by atoms with Gasteiger partial charge in [0, 0.05) is 18.6 Å². The van der Waals surface area contributed by atoms with Crippen LogP contribution in [0, 0.1) is 5.92 Å². The van der Waals surface area contributed by atoms with Crippen molar-refractivity contribution in [3.8, 4) is 0 Å². The van der Waals surface area contributed by atoms with Crippen molar-refractivity contribution >= 4 is 0 Å². The Labute approximate surface area is 102 Å². The molecule has 0 aromatic carbocycles. The van der Waals surface area contributed by atoms with Gasteiger partial charge in [-0.15, -0.1) is 0 Å². The van der Waals surface area contributed by atoms with Gasteiger partial charge in [-0.2, -0.15) is 0 Å². The number of nitrogens with zero attached hydrogens (tertiary/aromatic N) is 1. The van der Waals surface area contributed by atoms with Crippen molar-refractivity contribution in [1.29, 1.82) is 0 Å². The first kappa shape index (κ1) is 14.0. The summed E-state index contributed by atoms with van der Waals surface area (Å²) in [6.07, 6.45) is 7.99. The molecular weight excluding hydrogens is 196 g/mol. The van der Waals surface area contributed by atoms with Crippen molar-refractivity contribution in [3.63, 3.8) is 0 Å². The Hall–Kier alpha value is -0.0800. The zero-order chi connectivity index (χ0) is 12.0. The van der Waals surface area contributed by atoms with Gasteiger partial charge in [-0.05, 0) is 31.7 Å². The molecule has 0 bridgehead atoms. The summed E-state index contributed by atoms with van der Waals surface area (Å²) in [5.41, 5.74) is 6.03. The van der Waals surface area contributed by atoms with E-state index in [0.29, 0.717) is 6.04 Å². The quantitative estimate of drug-likeness (QED) is 0.754. The van der Waals surface area contributed by atoms with Gasteiger partial charge in [0.1, 0.15) is 0 Å². The topological polar surface area (TPSA) is 29.3 Å². The molecule has 0 saturated carbocycles. The molecule has 1 aliphatic heterocycles. The summed E-state index contributed by atoms with van der Waals surface area (Å²) >= 11 is 0. The fourth-order valence-corrected chi connectivity index (χ4v) is 3.33. The predicted molar refractivity (Wildman–Crippen MR) is 71.6 cm³/mol. The number of rotatable bonds is 6. The second-order valence-corrected chi connectivity index (χ2v) is 5.18. The molecule has 2 unspecified atom stereocenters. The van der Waals surface area contributed by atoms with Crippen molar-refractivity contribution in [1.82, 2.24) is 4.90 Å². The van der Waals surface area contributed by atoms with Crippen molar-refractivity contribution in [2.24, 2.45) is 11.7 Å². The van der Waals surface area contributed by atoms with Crippen LogP contribution in [-0.4, -0.2) is 30.1 Å². The molecule has 0 amide bonds. The lowest BCUT2D eigenvalue weighted by molar-refractivity contribution is 0.0599. The smallest absolute Gasteiger partial charge is 0.0249 e. The fourth-order valence-electron chi connectivity index (χ4n) is 3.33. The van der Waals surface area contributed by atoms with Crippen LogP contribution in [0.1, 0.15) is 59.3 Å². The van der Waals surface area contributed by atoms with Crippen molar-refractivity contribution in [3.05, 3.63) is 0 Å². The maximum atomic E-state index is 6.03. The molecule has 0 radical (unpaired) electrons. The molecule has 1 heterocycles. The van der Waals surface area contributed by atoms with Crippen molar-refractivity contribution < 1.29 is 0 Å². The minimum Gasteiger partial charge on any atom is -0.329 e. The van der Waals surface area contributed by atoms with Gasteiger partial charge >= 0.3 is 0 Å². The molecular formula is C14H30N2. The number of nitrogens with two attached hydrogens (primary N) is 1. The minimum absolute atomic E-state index is 0.625. The van der Waals surface area contributed by atoms with E-state index in [0.717, 1.165) is 18.5 Å². The summed E-state index contributed by atoms with van der Waals surface area (Å²) in [6.45, 7) is 9.05. The van der Waals surface area contributed by atoms with E-state index in [1.807, 2.05) is 0 Å². The van der Waals surface area contributed by atoms with Crippen LogP contribution in [0.2, 0.25) is 0 Å². The summed E-state index contributed by atoms with van der Waals surface area (Å²) in [7, 11) is 0. The molecule has 96 valence electrons. The molecule has 1 aliphatic rings. The molecule has 0 aromatic heterocycles. The van der Waals surface area contributed by atoms with Gasteiger partial charge in [0.15, 0.2) is 0 Å². The van der Waals surface area contributed by atoms with E-state index < -0.39 is 0 Å². The van der Waals surface area contributed by atoms with E-state index in [-0.39, 0.29) is 0 Å². The maximum absolute atomic E-state index is 6.03. The molecule has 2 N–H and O–H groups in total. The van der Waals surface area contributed by atoms with Crippen LogP contribution in [0.25, 0.3) is 0 Å². The third kappa shape index (κ3) is 3.21. The number of hydrogen-bond acceptors (Lipinski definition) is 2. The third-order valence-corrected chi connectivity index (χ3v) is 4.40. The Kier molecular flexibility index (Phi) is 6.37. The molecule has 0 aliphatic carbocycles. The Bertz CT molecular complexity index is 170. The number of piperidine rings is 1. The highest BCUT2D eigenvalue weighted by Gasteiger charge is 2.30. The zero-order valence-corrected chi connectivity index (χ0v) is 11.4. The van der Waals surface area contributed by atoms with Gasteiger partial charge in [0.2, 0.25) is 0 Å². The standard InChI is InChI=1S/C14H30N2/c1-4-12(5-2)14(11-15)16-10-8-7-9-13(16)6-3/h12-14H,4-11,15H2,1-3H3. The molecule has 2 heteroatoms. The monoisotopic (exact) mass is 226 g/mol. The van der Waals surface area contributed by atoms with Crippen LogP contribution in [0.5, 0.6) is 0 Å². The van der Waals surface area contributed by atoms with Crippen LogP contribution in [-0.2, 0) is 0 Å². The van der Waals surface area contributed by atoms with Gasteiger partial charge in [-0.25, -0.2) is 0 Å². The Morgan fingerprint density at radius 3 is 2.38 bits per heavy atom. The highest BCUT2D eigenvalue weighted by Crippen LogP contribution is 2.27. The van der Waals surface area contributed by atoms with E-state index in [9.17, 15) is 0 Å². The predicted octanol–water partition coefficient (Wildman–Crippen LogP) is 3.01. The van der Waals surface area contributed by atoms with Gasteiger partial charge in [-0.1, -0.05) is 40.0 Å². The summed E-state index contributed by atoms with van der Waals surface area (Å²) in [5.74, 6) is 0.789. The molecule has 2 nitrogen and oxygen atoms in total. The van der Waals surface area contributed by atoms with Crippen molar-refractivity contribution in [2.75, 3.05) is 13.1 Å². The van der Waals surface area contributed by atoms with E-state index >= 15 is 0 Å². The second kappa shape index (κ2) is 7.29. The van der Waals surface area contributed by atoms with Crippen LogP contribution in [0.3, 0.4) is 0 Å². The van der Waals surface area contributed by atoms with Crippen LogP contribution < -0.4 is 5.73 Å². The first-order chi connectivity index (χ1) is 7.78. The van der Waals surface area contributed by atoms with Crippen LogP contribution >= 0.6 is 0 Å². The average molecular weight is 226 g/mol. The normalized spacial score (nSPS) is 24.9. The molecule has 1 saturated heterocycles. The number of likely N-dealkylation sites (tertiary alicyclic amines) is 1. The van der Waals surface area contributed by atoms with Crippen molar-refractivity contribution in [2.45, 2.75) is 71.4 Å². The van der Waals surface area contributed by atoms with Gasteiger partial charge < -0.3 is 5.73 Å². The zero-order valence-electron chi connectivity index (χ0n) is 11.4. The third-order valence-electron chi connectivity index (χ3n) is 4.40. The van der Waals surface area contributed by atoms with Gasteiger partial charge in [0.05, 0.1) is 0 Å². The molecule has 0 aromatic rings. The SMILES string of the molecule is CCC(CC)C(CN)N1CCCCC1CC. The summed E-state index contributed by atoms with van der Waals surface area (Å²) in [6, 6.07) is 1.42. The first-order valence-electron chi connectivity index (χ1n) is 7.24. The molecule has 0 spiro atoms. The van der Waals surface area contributed by atoms with Gasteiger partial charge in [0.25, 0.3) is 0 Å². The molecule has 1 rings (SSSR count). The Balaban J connectivity index is 2.67. The van der Waals surface area contributed by atoms with Gasteiger partial charge in [-0.3, -0.25) is 4.90 Å². The van der Waals surface area contributed by atoms with E-state index in [1.165, 1.54) is 45.1 Å². The van der Waals surface area contributed by atoms with Crippen LogP contribution in [0.15, 0.2) is 0 Å². The number of hydrogen-bond donors (Lipinski definition) is 1. The first-order valence-corrected chi connectivity index (χ1v) is 7.24. The fraction of sp³-hybridized carbons (Fsp3) is 1.00. The lowest BCUT2D eigenvalue weighted by Gasteiger charge is -2.43. The molecule has 1 fully saturated rings. The summed E-state index contributed by atoms with van der Waals surface area (Å²) < 4.78 is 0. The lowest BCUT2D eigenvalue weighted by Crippen LogP contribution is -2.52. The highest BCUT2D eigenvalue weighted by atomic mass is 15.2. The van der Waals surface area contributed by atoms with E-state index in [2.05, 4.69) is 25.7 Å². The molecule has 2 atom stereocenters. The largest absolute Gasteiger partial charge is 0.329 e. The summed E-state index contributed by atoms with van der Waals surface area (Å²) in [4.78, 5) is 2.72. The average Bonchev–Trinajstić information content (AvgIpc) is 2.35. The minimum atomic E-state index is 0.625. The van der Waals surface area contributed by atoms with E-state index in [4.69, 9.17) is 5.73 Å². The van der Waals surface area contributed by atoms with Crippen LogP contribution in [0.4, 0.5) is 0 Å². The van der Waals surface area contributed by atoms with E-state index in [1.54, 1.807) is 0 Å². The molecule has 16 heavy (non-hydrogen) atoms. The Morgan fingerprint density at radius 1 is 1.19 bits per heavy atom. The lowest BCUT2D eigenvalue weighted by atomic mass is 9.88. The Morgan fingerprint density at radius 2 is 1.88 bits per heavy atom.